The zero-order chi connectivity index (χ0) is 11.3. The molecule has 0 heterocycles. The molecule has 84 valence electrons. The summed E-state index contributed by atoms with van der Waals surface area (Å²) in [5.74, 6) is 0.906. The minimum absolute atomic E-state index is 0.0646. The maximum absolute atomic E-state index is 9.20. The number of rotatable bonds is 5. The molecule has 0 aliphatic rings. The Balaban J connectivity index is 2.73. The summed E-state index contributed by atoms with van der Waals surface area (Å²) in [5.41, 5.74) is 1.14. The van der Waals surface area contributed by atoms with Crippen molar-refractivity contribution >= 4 is 0 Å². The monoisotopic (exact) mass is 208 g/mol. The number of ether oxygens (including phenoxy) is 1. The lowest BCUT2D eigenvalue weighted by atomic mass is 9.87. The Morgan fingerprint density at radius 2 is 2.07 bits per heavy atom. The molecule has 0 bridgehead atoms. The average Bonchev–Trinajstić information content (AvgIpc) is 2.18. The second-order valence-corrected chi connectivity index (χ2v) is 4.58. The van der Waals surface area contributed by atoms with Gasteiger partial charge >= 0.3 is 0 Å². The van der Waals surface area contributed by atoms with Gasteiger partial charge in [-0.05, 0) is 36.5 Å². The Hall–Kier alpha value is -1.02. The summed E-state index contributed by atoms with van der Waals surface area (Å²) in [7, 11) is 0. The SMILES string of the molecule is CCOc1cccc(CC(C)(C)CO)c1. The minimum Gasteiger partial charge on any atom is -0.494 e. The number of hydrogen-bond acceptors (Lipinski definition) is 2. The van der Waals surface area contributed by atoms with E-state index >= 15 is 0 Å². The van der Waals surface area contributed by atoms with E-state index < -0.39 is 0 Å². The predicted octanol–water partition coefficient (Wildman–Crippen LogP) is 2.65. The third-order valence-electron chi connectivity index (χ3n) is 2.32. The summed E-state index contributed by atoms with van der Waals surface area (Å²) >= 11 is 0. The van der Waals surface area contributed by atoms with Crippen molar-refractivity contribution in [3.8, 4) is 5.75 Å². The molecule has 1 aromatic rings. The van der Waals surface area contributed by atoms with Gasteiger partial charge in [-0.15, -0.1) is 0 Å². The molecule has 2 heteroatoms. The number of aliphatic hydroxyl groups excluding tert-OH is 1. The maximum Gasteiger partial charge on any atom is 0.119 e. The van der Waals surface area contributed by atoms with Gasteiger partial charge in [-0.1, -0.05) is 26.0 Å². The van der Waals surface area contributed by atoms with E-state index in [2.05, 4.69) is 19.9 Å². The summed E-state index contributed by atoms with van der Waals surface area (Å²) < 4.78 is 5.43. The molecule has 0 aliphatic heterocycles. The first kappa shape index (κ1) is 12.1. The van der Waals surface area contributed by atoms with Crippen LogP contribution in [0.1, 0.15) is 26.3 Å². The van der Waals surface area contributed by atoms with Crippen LogP contribution in [0.5, 0.6) is 5.75 Å². The molecule has 0 spiro atoms. The number of aliphatic hydroxyl groups is 1. The van der Waals surface area contributed by atoms with Gasteiger partial charge in [-0.25, -0.2) is 0 Å². The van der Waals surface area contributed by atoms with Crippen LogP contribution < -0.4 is 4.74 Å². The fourth-order valence-electron chi connectivity index (χ4n) is 1.52. The van der Waals surface area contributed by atoms with Gasteiger partial charge in [0.15, 0.2) is 0 Å². The zero-order valence-electron chi connectivity index (χ0n) is 9.79. The largest absolute Gasteiger partial charge is 0.494 e. The smallest absolute Gasteiger partial charge is 0.119 e. The highest BCUT2D eigenvalue weighted by Crippen LogP contribution is 2.23. The third-order valence-corrected chi connectivity index (χ3v) is 2.32. The zero-order valence-corrected chi connectivity index (χ0v) is 9.79. The normalized spacial score (nSPS) is 11.5. The second kappa shape index (κ2) is 5.17. The molecule has 1 aromatic carbocycles. The molecule has 1 rings (SSSR count). The van der Waals surface area contributed by atoms with E-state index in [0.717, 1.165) is 12.2 Å². The van der Waals surface area contributed by atoms with Gasteiger partial charge in [0.25, 0.3) is 0 Å². The van der Waals surface area contributed by atoms with Crippen molar-refractivity contribution < 1.29 is 9.84 Å². The number of benzene rings is 1. The molecule has 0 fully saturated rings. The van der Waals surface area contributed by atoms with Gasteiger partial charge in [0.05, 0.1) is 6.61 Å². The summed E-state index contributed by atoms with van der Waals surface area (Å²) in [6.07, 6.45) is 0.865. The van der Waals surface area contributed by atoms with Crippen molar-refractivity contribution in [2.75, 3.05) is 13.2 Å². The Morgan fingerprint density at radius 3 is 2.67 bits per heavy atom. The molecule has 1 N–H and O–H groups in total. The van der Waals surface area contributed by atoms with E-state index in [1.165, 1.54) is 5.56 Å². The van der Waals surface area contributed by atoms with Crippen LogP contribution in [0.2, 0.25) is 0 Å². The Kier molecular flexibility index (Phi) is 4.15. The van der Waals surface area contributed by atoms with Crippen LogP contribution in [-0.2, 0) is 6.42 Å². The van der Waals surface area contributed by atoms with Crippen molar-refractivity contribution in [1.82, 2.24) is 0 Å². The van der Waals surface area contributed by atoms with Crippen molar-refractivity contribution in [2.24, 2.45) is 5.41 Å². The lowest BCUT2D eigenvalue weighted by Gasteiger charge is -2.21. The molecule has 0 atom stereocenters. The van der Waals surface area contributed by atoms with E-state index in [1.54, 1.807) is 0 Å². The Labute approximate surface area is 91.9 Å². The molecule has 0 amide bonds. The molecular formula is C13H20O2. The Bertz CT molecular complexity index is 305. The van der Waals surface area contributed by atoms with Crippen LogP contribution in [0.15, 0.2) is 24.3 Å². The highest BCUT2D eigenvalue weighted by atomic mass is 16.5. The van der Waals surface area contributed by atoms with E-state index in [4.69, 9.17) is 4.74 Å². The van der Waals surface area contributed by atoms with Crippen molar-refractivity contribution in [3.05, 3.63) is 29.8 Å². The molecule has 0 radical (unpaired) electrons. The van der Waals surface area contributed by atoms with E-state index in [1.807, 2.05) is 25.1 Å². The van der Waals surface area contributed by atoms with Gasteiger partial charge in [-0.2, -0.15) is 0 Å². The lowest BCUT2D eigenvalue weighted by molar-refractivity contribution is 0.159. The molecule has 0 aromatic heterocycles. The van der Waals surface area contributed by atoms with Crippen molar-refractivity contribution in [1.29, 1.82) is 0 Å². The minimum atomic E-state index is -0.0646. The van der Waals surface area contributed by atoms with Crippen LogP contribution in [0.4, 0.5) is 0 Å². The number of hydrogen-bond donors (Lipinski definition) is 1. The first-order valence-electron chi connectivity index (χ1n) is 5.40. The molecule has 2 nitrogen and oxygen atoms in total. The molecule has 0 saturated carbocycles. The highest BCUT2D eigenvalue weighted by Gasteiger charge is 2.17. The summed E-state index contributed by atoms with van der Waals surface area (Å²) in [6.45, 7) is 6.98. The van der Waals surface area contributed by atoms with Gasteiger partial charge < -0.3 is 9.84 Å². The van der Waals surface area contributed by atoms with Gasteiger partial charge in [-0.3, -0.25) is 0 Å². The second-order valence-electron chi connectivity index (χ2n) is 4.58. The molecule has 0 aliphatic carbocycles. The fraction of sp³-hybridized carbons (Fsp3) is 0.538. The van der Waals surface area contributed by atoms with Crippen LogP contribution in [0.3, 0.4) is 0 Å². The lowest BCUT2D eigenvalue weighted by Crippen LogP contribution is -2.19. The molecular weight excluding hydrogens is 188 g/mol. The van der Waals surface area contributed by atoms with Crippen LogP contribution in [0, 0.1) is 5.41 Å². The van der Waals surface area contributed by atoms with Gasteiger partial charge in [0, 0.05) is 6.61 Å². The van der Waals surface area contributed by atoms with Crippen molar-refractivity contribution in [3.63, 3.8) is 0 Å². The maximum atomic E-state index is 9.20. The van der Waals surface area contributed by atoms with Gasteiger partial charge in [0.2, 0.25) is 0 Å². The quantitative estimate of drug-likeness (QED) is 0.806. The standard InChI is InChI=1S/C13H20O2/c1-4-15-12-7-5-6-11(8-12)9-13(2,3)10-14/h5-8,14H,4,9-10H2,1-3H3. The predicted molar refractivity (Wildman–Crippen MR) is 62.2 cm³/mol. The topological polar surface area (TPSA) is 29.5 Å². The molecule has 0 unspecified atom stereocenters. The van der Waals surface area contributed by atoms with Crippen LogP contribution >= 0.6 is 0 Å². The highest BCUT2D eigenvalue weighted by molar-refractivity contribution is 5.29. The summed E-state index contributed by atoms with van der Waals surface area (Å²) in [4.78, 5) is 0. The Morgan fingerprint density at radius 1 is 1.33 bits per heavy atom. The summed E-state index contributed by atoms with van der Waals surface area (Å²) in [6, 6.07) is 8.06. The first-order valence-corrected chi connectivity index (χ1v) is 5.40. The van der Waals surface area contributed by atoms with Gasteiger partial charge in [0.1, 0.15) is 5.75 Å². The van der Waals surface area contributed by atoms with Crippen molar-refractivity contribution in [2.45, 2.75) is 27.2 Å². The fourth-order valence-corrected chi connectivity index (χ4v) is 1.52. The summed E-state index contributed by atoms with van der Waals surface area (Å²) in [5, 5.41) is 9.20. The van der Waals surface area contributed by atoms with Crippen LogP contribution in [0.25, 0.3) is 0 Å². The third kappa shape index (κ3) is 3.92. The van der Waals surface area contributed by atoms with E-state index in [0.29, 0.717) is 6.61 Å². The average molecular weight is 208 g/mol. The molecule has 15 heavy (non-hydrogen) atoms. The first-order chi connectivity index (χ1) is 7.07. The molecule has 0 saturated heterocycles. The van der Waals surface area contributed by atoms with Crippen LogP contribution in [-0.4, -0.2) is 18.3 Å². The van der Waals surface area contributed by atoms with E-state index in [-0.39, 0.29) is 12.0 Å². The van der Waals surface area contributed by atoms with E-state index in [9.17, 15) is 5.11 Å².